The van der Waals surface area contributed by atoms with E-state index in [0.29, 0.717) is 11.3 Å². The molecular weight excluding hydrogens is 560 g/mol. The summed E-state index contributed by atoms with van der Waals surface area (Å²) in [5.41, 5.74) is -0.889. The zero-order valence-electron chi connectivity index (χ0n) is 23.7. The molecule has 2 N–H and O–H groups in total. The number of aromatic nitrogens is 4. The monoisotopic (exact) mass is 595 g/mol. The molecule has 0 saturated carbocycles. The van der Waals surface area contributed by atoms with Crippen LogP contribution in [0, 0.1) is 12.3 Å². The van der Waals surface area contributed by atoms with Crippen LogP contribution in [-0.4, -0.2) is 75.3 Å². The predicted molar refractivity (Wildman–Crippen MR) is 145 cm³/mol. The summed E-state index contributed by atoms with van der Waals surface area (Å²) in [5, 5.41) is 12.9. The van der Waals surface area contributed by atoms with Crippen LogP contribution in [0.25, 0.3) is 11.2 Å². The standard InChI is InChI=1S/C26H35FN5O8P/c1-15(2)38-25(34)16(3)31-41(35,40-18-10-8-7-9-11-18)37-12-19-26(5,13-33)21(27)24(39-19)32-14-28-20-22(32)29-17(4)30-23(20)36-6/h7-11,14-16,19,21,24,33H,12-13H2,1-6H3,(H,31,35)/t16-,19+,21-,24+,26?,41?/m0/s1. The van der Waals surface area contributed by atoms with Gasteiger partial charge < -0.3 is 23.8 Å². The maximum Gasteiger partial charge on any atom is 0.459 e. The van der Waals surface area contributed by atoms with Crippen LogP contribution in [-0.2, 0) is 23.4 Å². The zero-order chi connectivity index (χ0) is 29.9. The number of para-hydroxylation sites is 1. The summed E-state index contributed by atoms with van der Waals surface area (Å²) >= 11 is 0. The molecule has 1 fully saturated rings. The number of fused-ring (bicyclic) bond motifs is 1. The number of hydrogen-bond donors (Lipinski definition) is 2. The molecular formula is C26H35FN5O8P. The second-order valence-corrected chi connectivity index (χ2v) is 11.9. The van der Waals surface area contributed by atoms with E-state index in [1.54, 1.807) is 51.1 Å². The molecule has 0 aliphatic carbocycles. The van der Waals surface area contributed by atoms with E-state index in [1.807, 2.05) is 0 Å². The van der Waals surface area contributed by atoms with E-state index in [0.717, 1.165) is 0 Å². The Balaban J connectivity index is 1.59. The van der Waals surface area contributed by atoms with Gasteiger partial charge in [0.25, 0.3) is 0 Å². The van der Waals surface area contributed by atoms with Crippen molar-refractivity contribution in [3.63, 3.8) is 0 Å². The number of carbonyl (C=O) groups excluding carboxylic acids is 1. The smallest absolute Gasteiger partial charge is 0.459 e. The molecule has 13 nitrogen and oxygen atoms in total. The Morgan fingerprint density at radius 3 is 2.61 bits per heavy atom. The minimum Gasteiger partial charge on any atom is -0.479 e. The number of alkyl halides is 1. The Kier molecular flexibility index (Phi) is 9.29. The molecule has 2 aromatic heterocycles. The van der Waals surface area contributed by atoms with E-state index in [2.05, 4.69) is 20.0 Å². The summed E-state index contributed by atoms with van der Waals surface area (Å²) in [4.78, 5) is 25.3. The fraction of sp³-hybridized carbons (Fsp3) is 0.538. The summed E-state index contributed by atoms with van der Waals surface area (Å²) in [7, 11) is -2.82. The number of aliphatic hydroxyl groups excluding tert-OH is 1. The van der Waals surface area contributed by atoms with Crippen LogP contribution in [0.2, 0.25) is 0 Å². The van der Waals surface area contributed by atoms with Crippen molar-refractivity contribution >= 4 is 24.9 Å². The number of nitrogens with zero attached hydrogens (tertiary/aromatic N) is 4. The topological polar surface area (TPSA) is 156 Å². The number of ether oxygens (including phenoxy) is 3. The van der Waals surface area contributed by atoms with Crippen molar-refractivity contribution in [3.05, 3.63) is 42.5 Å². The second-order valence-electron chi connectivity index (χ2n) is 10.2. The van der Waals surface area contributed by atoms with Gasteiger partial charge in [0, 0.05) is 0 Å². The molecule has 2 unspecified atom stereocenters. The number of nitrogens with one attached hydrogen (secondary N) is 1. The number of benzene rings is 1. The number of carbonyl (C=O) groups is 1. The van der Waals surface area contributed by atoms with Gasteiger partial charge in [-0.1, -0.05) is 25.1 Å². The van der Waals surface area contributed by atoms with Crippen LogP contribution in [0.15, 0.2) is 36.7 Å². The molecule has 4 rings (SSSR count). The van der Waals surface area contributed by atoms with Crippen LogP contribution < -0.4 is 14.3 Å². The lowest BCUT2D eigenvalue weighted by Gasteiger charge is -2.30. The highest BCUT2D eigenvalue weighted by atomic mass is 31.2. The normalized spacial score (nSPS) is 24.8. The molecule has 0 radical (unpaired) electrons. The number of imidazole rings is 1. The van der Waals surface area contributed by atoms with Crippen molar-refractivity contribution in [2.75, 3.05) is 20.3 Å². The lowest BCUT2D eigenvalue weighted by atomic mass is 9.82. The van der Waals surface area contributed by atoms with Gasteiger partial charge in [-0.3, -0.25) is 13.9 Å². The van der Waals surface area contributed by atoms with Crippen LogP contribution in [0.3, 0.4) is 0 Å². The SMILES string of the molecule is COc1nc(C)nc2c1ncn2[C@@H]1O[C@H](COP(=O)(N[C@@H](C)C(=O)OC(C)C)Oc2ccccc2)C(C)(CO)[C@H]1F. The number of methoxy groups -OCH3 is 1. The lowest BCUT2D eigenvalue weighted by molar-refractivity contribution is -0.149. The van der Waals surface area contributed by atoms with Gasteiger partial charge >= 0.3 is 13.7 Å². The van der Waals surface area contributed by atoms with Crippen molar-refractivity contribution < 1.29 is 42.1 Å². The van der Waals surface area contributed by atoms with Gasteiger partial charge in [-0.2, -0.15) is 10.1 Å². The summed E-state index contributed by atoms with van der Waals surface area (Å²) in [6, 6.07) is 7.15. The molecule has 1 aromatic carbocycles. The Hall–Kier alpha value is -3.16. The van der Waals surface area contributed by atoms with E-state index >= 15 is 4.39 Å². The zero-order valence-corrected chi connectivity index (χ0v) is 24.6. The first-order valence-corrected chi connectivity index (χ1v) is 14.6. The van der Waals surface area contributed by atoms with Gasteiger partial charge in [0.2, 0.25) is 5.88 Å². The third kappa shape index (κ3) is 6.52. The highest BCUT2D eigenvalue weighted by Gasteiger charge is 2.56. The number of aryl methyl sites for hydroxylation is 1. The number of rotatable bonds is 12. The molecule has 1 saturated heterocycles. The quantitative estimate of drug-likeness (QED) is 0.232. The maximum absolute atomic E-state index is 16.0. The van der Waals surface area contributed by atoms with E-state index in [1.165, 1.54) is 31.9 Å². The van der Waals surface area contributed by atoms with Crippen molar-refractivity contribution in [1.82, 2.24) is 24.6 Å². The van der Waals surface area contributed by atoms with Crippen LogP contribution in [0.4, 0.5) is 4.39 Å². The molecule has 15 heteroatoms. The highest BCUT2D eigenvalue weighted by molar-refractivity contribution is 7.52. The molecule has 1 aliphatic rings. The molecule has 41 heavy (non-hydrogen) atoms. The maximum atomic E-state index is 16.0. The van der Waals surface area contributed by atoms with Crippen LogP contribution >= 0.6 is 7.75 Å². The van der Waals surface area contributed by atoms with Crippen molar-refractivity contribution in [3.8, 4) is 11.6 Å². The third-order valence-corrected chi connectivity index (χ3v) is 8.29. The average Bonchev–Trinajstić information content (AvgIpc) is 3.45. The van der Waals surface area contributed by atoms with Gasteiger partial charge in [0.05, 0.1) is 44.3 Å². The van der Waals surface area contributed by atoms with E-state index in [-0.39, 0.29) is 17.3 Å². The summed E-state index contributed by atoms with van der Waals surface area (Å²) in [6.07, 6.45) is -3.14. The molecule has 224 valence electrons. The Bertz CT molecular complexity index is 1410. The molecule has 6 atom stereocenters. The van der Waals surface area contributed by atoms with Crippen molar-refractivity contribution in [1.29, 1.82) is 0 Å². The Labute approximate surface area is 236 Å². The fourth-order valence-electron chi connectivity index (χ4n) is 4.34. The minimum absolute atomic E-state index is 0.208. The first-order valence-electron chi connectivity index (χ1n) is 13.0. The summed E-state index contributed by atoms with van der Waals surface area (Å²) < 4.78 is 59.3. The summed E-state index contributed by atoms with van der Waals surface area (Å²) in [5.74, 6) is 0.144. The van der Waals surface area contributed by atoms with Gasteiger partial charge in [-0.25, -0.2) is 18.9 Å². The van der Waals surface area contributed by atoms with Crippen LogP contribution in [0.5, 0.6) is 11.6 Å². The molecule has 3 heterocycles. The number of esters is 1. The van der Waals surface area contributed by atoms with Gasteiger partial charge in [-0.15, -0.1) is 0 Å². The van der Waals surface area contributed by atoms with Crippen LogP contribution in [0.1, 0.15) is 39.7 Å². The largest absolute Gasteiger partial charge is 0.479 e. The van der Waals surface area contributed by atoms with Crippen molar-refractivity contribution in [2.24, 2.45) is 5.41 Å². The van der Waals surface area contributed by atoms with Gasteiger partial charge in [-0.05, 0) is 39.8 Å². The molecule has 1 aliphatic heterocycles. The minimum atomic E-state index is -4.26. The first-order chi connectivity index (χ1) is 19.4. The Morgan fingerprint density at radius 1 is 1.27 bits per heavy atom. The van der Waals surface area contributed by atoms with Crippen molar-refractivity contribution in [2.45, 2.75) is 65.3 Å². The Morgan fingerprint density at radius 2 is 1.98 bits per heavy atom. The first kappa shape index (κ1) is 30.8. The molecule has 0 bridgehead atoms. The second kappa shape index (κ2) is 12.4. The van der Waals surface area contributed by atoms with E-state index in [4.69, 9.17) is 23.3 Å². The average molecular weight is 596 g/mol. The number of halogens is 1. The van der Waals surface area contributed by atoms with Gasteiger partial charge in [0.1, 0.15) is 17.6 Å². The fourth-order valence-corrected chi connectivity index (χ4v) is 5.83. The van der Waals surface area contributed by atoms with E-state index < -0.39 is 63.0 Å². The van der Waals surface area contributed by atoms with Gasteiger partial charge in [0.15, 0.2) is 23.6 Å². The number of hydrogen-bond acceptors (Lipinski definition) is 11. The molecule has 0 amide bonds. The number of aliphatic hydroxyl groups is 1. The third-order valence-electron chi connectivity index (χ3n) is 6.65. The predicted octanol–water partition coefficient (Wildman–Crippen LogP) is 3.51. The highest BCUT2D eigenvalue weighted by Crippen LogP contribution is 2.50. The lowest BCUT2D eigenvalue weighted by Crippen LogP contribution is -2.42. The molecule has 0 spiro atoms. The van der Waals surface area contributed by atoms with E-state index in [9.17, 15) is 14.5 Å². The molecule has 3 aromatic rings. The summed E-state index contributed by atoms with van der Waals surface area (Å²) in [6.45, 7) is 6.90.